The van der Waals surface area contributed by atoms with Crippen molar-refractivity contribution in [2.24, 2.45) is 0 Å². The Morgan fingerprint density at radius 2 is 2.20 bits per heavy atom. The highest BCUT2D eigenvalue weighted by Gasteiger charge is 2.26. The summed E-state index contributed by atoms with van der Waals surface area (Å²) in [5.74, 6) is -0.467. The monoisotopic (exact) mass is 231 g/mol. The van der Waals surface area contributed by atoms with Gasteiger partial charge in [-0.1, -0.05) is 6.92 Å². The van der Waals surface area contributed by atoms with E-state index in [1.54, 1.807) is 0 Å². The zero-order chi connectivity index (χ0) is 11.3. The molecular weight excluding hydrogens is 214 g/mol. The van der Waals surface area contributed by atoms with Gasteiger partial charge in [-0.2, -0.15) is 0 Å². The number of carboxylic acid groups (broad SMARTS) is 1. The lowest BCUT2D eigenvalue weighted by Crippen LogP contribution is -2.36. The summed E-state index contributed by atoms with van der Waals surface area (Å²) in [6, 6.07) is 0.378. The molecule has 0 bridgehead atoms. The summed E-state index contributed by atoms with van der Waals surface area (Å²) < 4.78 is 0. The van der Waals surface area contributed by atoms with Crippen LogP contribution in [0.1, 0.15) is 26.2 Å². The highest BCUT2D eigenvalue weighted by molar-refractivity contribution is 8.00. The van der Waals surface area contributed by atoms with Crippen LogP contribution in [0.5, 0.6) is 0 Å². The molecular formula is C10H17NO3S. The maximum absolute atomic E-state index is 11.7. The average molecular weight is 231 g/mol. The Hall–Kier alpha value is -0.710. The Labute approximate surface area is 94.0 Å². The Kier molecular flexibility index (Phi) is 4.94. The highest BCUT2D eigenvalue weighted by atomic mass is 32.2. The zero-order valence-electron chi connectivity index (χ0n) is 8.94. The molecule has 0 saturated carbocycles. The Morgan fingerprint density at radius 1 is 1.47 bits per heavy atom. The fraction of sp³-hybridized carbons (Fsp3) is 0.800. The summed E-state index contributed by atoms with van der Waals surface area (Å²) >= 11 is 1.18. The molecule has 1 saturated heterocycles. The molecule has 0 aromatic carbocycles. The molecule has 86 valence electrons. The second-order valence-electron chi connectivity index (χ2n) is 3.68. The quantitative estimate of drug-likeness (QED) is 0.772. The second-order valence-corrected chi connectivity index (χ2v) is 4.66. The van der Waals surface area contributed by atoms with Crippen LogP contribution in [0.4, 0.5) is 0 Å². The topological polar surface area (TPSA) is 57.6 Å². The summed E-state index contributed by atoms with van der Waals surface area (Å²) in [4.78, 5) is 23.9. The van der Waals surface area contributed by atoms with E-state index < -0.39 is 5.97 Å². The van der Waals surface area contributed by atoms with Crippen molar-refractivity contribution in [2.45, 2.75) is 32.2 Å². The first kappa shape index (κ1) is 12.4. The smallest absolute Gasteiger partial charge is 0.313 e. The normalized spacial score (nSPS) is 20.6. The predicted octanol–water partition coefficient (Wildman–Crippen LogP) is 1.21. The third-order valence-corrected chi connectivity index (χ3v) is 3.52. The number of aliphatic carboxylic acids is 1. The Balaban J connectivity index is 2.29. The second kappa shape index (κ2) is 6.00. The van der Waals surface area contributed by atoms with Crippen LogP contribution in [0.2, 0.25) is 0 Å². The van der Waals surface area contributed by atoms with Gasteiger partial charge in [-0.3, -0.25) is 9.59 Å². The fourth-order valence-electron chi connectivity index (χ4n) is 1.90. The van der Waals surface area contributed by atoms with Gasteiger partial charge in [0.25, 0.3) is 0 Å². The largest absolute Gasteiger partial charge is 0.481 e. The molecule has 1 heterocycles. The van der Waals surface area contributed by atoms with E-state index in [-0.39, 0.29) is 11.7 Å². The number of carbonyl (C=O) groups excluding carboxylic acids is 1. The van der Waals surface area contributed by atoms with Crippen LogP contribution >= 0.6 is 11.8 Å². The molecule has 1 aliphatic heterocycles. The molecule has 1 N–H and O–H groups in total. The van der Waals surface area contributed by atoms with Crippen molar-refractivity contribution in [3.63, 3.8) is 0 Å². The van der Waals surface area contributed by atoms with Crippen LogP contribution in [0, 0.1) is 0 Å². The minimum Gasteiger partial charge on any atom is -0.481 e. The number of carbonyl (C=O) groups is 2. The van der Waals surface area contributed by atoms with Gasteiger partial charge in [0.2, 0.25) is 5.91 Å². The van der Waals surface area contributed by atoms with Gasteiger partial charge in [0.15, 0.2) is 0 Å². The summed E-state index contributed by atoms with van der Waals surface area (Å²) in [5, 5.41) is 8.44. The number of rotatable bonds is 5. The molecule has 4 nitrogen and oxygen atoms in total. The predicted molar refractivity (Wildman–Crippen MR) is 60.0 cm³/mol. The van der Waals surface area contributed by atoms with E-state index >= 15 is 0 Å². The summed E-state index contributed by atoms with van der Waals surface area (Å²) in [6.45, 7) is 2.92. The molecule has 1 aliphatic rings. The van der Waals surface area contributed by atoms with E-state index in [2.05, 4.69) is 6.92 Å². The Bertz CT molecular complexity index is 245. The van der Waals surface area contributed by atoms with Gasteiger partial charge in [-0.05, 0) is 19.3 Å². The third kappa shape index (κ3) is 3.74. The molecule has 0 spiro atoms. The van der Waals surface area contributed by atoms with Crippen molar-refractivity contribution in [3.05, 3.63) is 0 Å². The van der Waals surface area contributed by atoms with Gasteiger partial charge in [0.05, 0.1) is 11.5 Å². The maximum Gasteiger partial charge on any atom is 0.313 e. The Morgan fingerprint density at radius 3 is 2.80 bits per heavy atom. The van der Waals surface area contributed by atoms with Crippen molar-refractivity contribution >= 4 is 23.6 Å². The minimum atomic E-state index is -0.860. The first-order chi connectivity index (χ1) is 7.15. The van der Waals surface area contributed by atoms with Crippen molar-refractivity contribution in [3.8, 4) is 0 Å². The fourth-order valence-corrected chi connectivity index (χ4v) is 2.51. The molecule has 1 rings (SSSR count). The van der Waals surface area contributed by atoms with Crippen LogP contribution in [0.15, 0.2) is 0 Å². The number of nitrogens with zero attached hydrogens (tertiary/aromatic N) is 1. The molecule has 0 aromatic heterocycles. The van der Waals surface area contributed by atoms with Crippen molar-refractivity contribution in [2.75, 3.05) is 18.1 Å². The summed E-state index contributed by atoms with van der Waals surface area (Å²) in [7, 11) is 0. The van der Waals surface area contributed by atoms with Gasteiger partial charge in [-0.25, -0.2) is 0 Å². The molecule has 1 fully saturated rings. The van der Waals surface area contributed by atoms with E-state index in [0.29, 0.717) is 11.8 Å². The van der Waals surface area contributed by atoms with E-state index in [0.717, 1.165) is 25.8 Å². The molecule has 1 atom stereocenters. The van der Waals surface area contributed by atoms with Crippen molar-refractivity contribution < 1.29 is 14.7 Å². The van der Waals surface area contributed by atoms with E-state index in [1.807, 2.05) is 4.90 Å². The molecule has 1 unspecified atom stereocenters. The van der Waals surface area contributed by atoms with Gasteiger partial charge >= 0.3 is 5.97 Å². The first-order valence-corrected chi connectivity index (χ1v) is 6.39. The van der Waals surface area contributed by atoms with Gasteiger partial charge < -0.3 is 10.0 Å². The molecule has 0 aromatic rings. The van der Waals surface area contributed by atoms with Gasteiger partial charge in [0.1, 0.15) is 0 Å². The molecule has 0 radical (unpaired) electrons. The van der Waals surface area contributed by atoms with Crippen molar-refractivity contribution in [1.29, 1.82) is 0 Å². The molecule has 1 amide bonds. The van der Waals surface area contributed by atoms with Crippen LogP contribution in [0.3, 0.4) is 0 Å². The summed E-state index contributed by atoms with van der Waals surface area (Å²) in [6.07, 6.45) is 3.16. The number of amides is 1. The average Bonchev–Trinajstić information content (AvgIpc) is 2.64. The lowest BCUT2D eigenvalue weighted by atomic mass is 10.2. The van der Waals surface area contributed by atoms with E-state index in [9.17, 15) is 9.59 Å². The van der Waals surface area contributed by atoms with Crippen molar-refractivity contribution in [1.82, 2.24) is 4.90 Å². The van der Waals surface area contributed by atoms with Crippen LogP contribution < -0.4 is 0 Å². The lowest BCUT2D eigenvalue weighted by Gasteiger charge is -2.23. The number of hydrogen-bond acceptors (Lipinski definition) is 3. The van der Waals surface area contributed by atoms with Gasteiger partial charge in [0, 0.05) is 12.6 Å². The maximum atomic E-state index is 11.7. The van der Waals surface area contributed by atoms with E-state index in [4.69, 9.17) is 5.11 Å². The number of thioether (sulfide) groups is 1. The zero-order valence-corrected chi connectivity index (χ0v) is 9.76. The SMILES string of the molecule is CCC1CCCN1C(=O)CSCC(=O)O. The highest BCUT2D eigenvalue weighted by Crippen LogP contribution is 2.20. The van der Waals surface area contributed by atoms with Crippen LogP contribution in [-0.2, 0) is 9.59 Å². The lowest BCUT2D eigenvalue weighted by molar-refractivity contribution is -0.133. The molecule has 5 heteroatoms. The van der Waals surface area contributed by atoms with E-state index in [1.165, 1.54) is 11.8 Å². The minimum absolute atomic E-state index is 0.0103. The molecule has 0 aliphatic carbocycles. The number of hydrogen-bond donors (Lipinski definition) is 1. The summed E-state index contributed by atoms with van der Waals surface area (Å²) in [5.41, 5.74) is 0. The first-order valence-electron chi connectivity index (χ1n) is 5.24. The third-order valence-electron chi connectivity index (χ3n) is 2.62. The van der Waals surface area contributed by atoms with Crippen LogP contribution in [-0.4, -0.2) is 46.0 Å². The molecule has 15 heavy (non-hydrogen) atoms. The number of carboxylic acids is 1. The van der Waals surface area contributed by atoms with Gasteiger partial charge in [-0.15, -0.1) is 11.8 Å². The number of likely N-dealkylation sites (tertiary alicyclic amines) is 1. The van der Waals surface area contributed by atoms with Crippen LogP contribution in [0.25, 0.3) is 0 Å². The standard InChI is InChI=1S/C10H17NO3S/c1-2-8-4-3-5-11(8)9(12)6-15-7-10(13)14/h8H,2-7H2,1H3,(H,13,14).